The third-order valence-corrected chi connectivity index (χ3v) is 5.14. The van der Waals surface area contributed by atoms with E-state index in [1.54, 1.807) is 24.3 Å². The van der Waals surface area contributed by atoms with E-state index in [-0.39, 0.29) is 18.8 Å². The van der Waals surface area contributed by atoms with Gasteiger partial charge < -0.3 is 4.74 Å². The van der Waals surface area contributed by atoms with Gasteiger partial charge in [-0.05, 0) is 41.0 Å². The zero-order valence-corrected chi connectivity index (χ0v) is 15.0. The van der Waals surface area contributed by atoms with Crippen molar-refractivity contribution in [3.8, 4) is 5.75 Å². The Morgan fingerprint density at radius 2 is 1.85 bits per heavy atom. The summed E-state index contributed by atoms with van der Waals surface area (Å²) >= 11 is 0.701. The lowest BCUT2D eigenvalue weighted by Gasteiger charge is -2.10. The highest BCUT2D eigenvalue weighted by atomic mass is 32.2. The number of nitrogens with one attached hydrogen (secondary N) is 1. The van der Waals surface area contributed by atoms with E-state index in [9.17, 15) is 14.0 Å². The van der Waals surface area contributed by atoms with Gasteiger partial charge in [0.25, 0.3) is 5.24 Å². The Bertz CT molecular complexity index is 1090. The molecule has 0 aliphatic carbocycles. The Hall–Kier alpha value is -2.86. The van der Waals surface area contributed by atoms with E-state index in [0.717, 1.165) is 16.3 Å². The molecule has 1 N–H and O–H groups in total. The van der Waals surface area contributed by atoms with Gasteiger partial charge in [0.15, 0.2) is 0 Å². The number of fused-ring (bicyclic) bond motifs is 1. The molecule has 0 unspecified atom stereocenters. The van der Waals surface area contributed by atoms with Crippen LogP contribution in [0.2, 0.25) is 0 Å². The highest BCUT2D eigenvalue weighted by Gasteiger charge is 2.31. The van der Waals surface area contributed by atoms with Crippen molar-refractivity contribution in [1.82, 2.24) is 5.32 Å². The highest BCUT2D eigenvalue weighted by molar-refractivity contribution is 8.15. The lowest BCUT2D eigenvalue weighted by Crippen LogP contribution is -2.25. The summed E-state index contributed by atoms with van der Waals surface area (Å²) in [5, 5.41) is 1.98. The van der Waals surface area contributed by atoms with Gasteiger partial charge in [0.1, 0.15) is 18.2 Å². The summed E-state index contributed by atoms with van der Waals surface area (Å²) in [6, 6.07) is 17.6. The minimum atomic E-state index is -1.53. The smallest absolute Gasteiger partial charge is 0.286 e. The fourth-order valence-electron chi connectivity index (χ4n) is 2.90. The maximum atomic E-state index is 13.7. The summed E-state index contributed by atoms with van der Waals surface area (Å²) in [6.07, 6.45) is 0.136. The Balaban J connectivity index is 1.50. The minimum absolute atomic E-state index is 0.136. The van der Waals surface area contributed by atoms with Crippen LogP contribution in [0.15, 0.2) is 60.7 Å². The first-order valence-corrected chi connectivity index (χ1v) is 9.18. The predicted molar refractivity (Wildman–Crippen MR) is 103 cm³/mol. The van der Waals surface area contributed by atoms with Crippen LogP contribution < -0.4 is 10.1 Å². The van der Waals surface area contributed by atoms with E-state index < -0.39 is 16.4 Å². The average Bonchev–Trinajstić information content (AvgIpc) is 2.92. The molecule has 1 fully saturated rings. The van der Waals surface area contributed by atoms with Gasteiger partial charge in [-0.15, -0.1) is 0 Å². The second-order valence-corrected chi connectivity index (χ2v) is 7.23. The zero-order valence-electron chi connectivity index (χ0n) is 15.2. The summed E-state index contributed by atoms with van der Waals surface area (Å²) in [6.45, 7) is 0.137. The van der Waals surface area contributed by atoms with Crippen molar-refractivity contribution in [2.75, 3.05) is 0 Å². The Morgan fingerprint density at radius 1 is 1.07 bits per heavy atom. The lowest BCUT2D eigenvalue weighted by atomic mass is 10.0. The van der Waals surface area contributed by atoms with Crippen molar-refractivity contribution in [3.63, 3.8) is 0 Å². The van der Waals surface area contributed by atoms with Crippen LogP contribution in [-0.4, -0.2) is 16.4 Å². The molecule has 0 spiro atoms. The maximum Gasteiger partial charge on any atom is 0.286 e. The molecule has 3 aromatic rings. The molecule has 1 aliphatic heterocycles. The number of benzene rings is 3. The molecule has 0 radical (unpaired) electrons. The van der Waals surface area contributed by atoms with Crippen molar-refractivity contribution < 1.29 is 20.1 Å². The molecule has 1 aliphatic rings. The van der Waals surface area contributed by atoms with Gasteiger partial charge in [0.05, 0.1) is 6.60 Å². The van der Waals surface area contributed by atoms with E-state index in [2.05, 4.69) is 5.32 Å². The largest absolute Gasteiger partial charge is 0.489 e. The number of hydrogen-bond acceptors (Lipinski definition) is 4. The second-order valence-electron chi connectivity index (χ2n) is 6.17. The molecule has 1 heterocycles. The van der Waals surface area contributed by atoms with Crippen LogP contribution in [0.3, 0.4) is 0 Å². The van der Waals surface area contributed by atoms with Gasteiger partial charge in [-0.25, -0.2) is 4.39 Å². The summed E-state index contributed by atoms with van der Waals surface area (Å²) in [5.74, 6) is -0.263. The predicted octanol–water partition coefficient (Wildman–Crippen LogP) is 4.45. The van der Waals surface area contributed by atoms with Crippen molar-refractivity contribution >= 4 is 33.7 Å². The number of thioether (sulfide) groups is 1. The average molecular weight is 382 g/mol. The van der Waals surface area contributed by atoms with Gasteiger partial charge in [0.2, 0.25) is 5.91 Å². The minimum Gasteiger partial charge on any atom is -0.489 e. The zero-order chi connectivity index (χ0) is 19.7. The third kappa shape index (κ3) is 3.95. The van der Waals surface area contributed by atoms with Gasteiger partial charge in [-0.3, -0.25) is 14.9 Å². The molecule has 1 atom stereocenters. The number of hydrogen-bond donors (Lipinski definition) is 1. The number of imide groups is 1. The van der Waals surface area contributed by atoms with Crippen LogP contribution in [0, 0.1) is 5.82 Å². The number of amides is 2. The summed E-state index contributed by atoms with van der Waals surface area (Å²) in [7, 11) is 0. The Labute approximate surface area is 161 Å². The van der Waals surface area contributed by atoms with E-state index in [4.69, 9.17) is 6.11 Å². The molecular formula is C21H16FNO3S. The molecule has 0 bridgehead atoms. The first-order valence-electron chi connectivity index (χ1n) is 8.86. The molecule has 3 aromatic carbocycles. The standard InChI is InChI=1S/C21H16FNO3S/c22-18-4-2-1-3-16(18)12-26-17-8-7-14-9-13(5-6-15(14)11-17)10-19-20(24)23-21(25)27-19/h1-9,11,19H,10,12H2,(H,23,24,25)/t19-/m1/s1/i19D. The van der Waals surface area contributed by atoms with Gasteiger partial charge in [-0.1, -0.05) is 54.2 Å². The van der Waals surface area contributed by atoms with Gasteiger partial charge in [-0.2, -0.15) is 0 Å². The third-order valence-electron chi connectivity index (χ3n) is 4.28. The molecule has 2 amide bonds. The number of carbonyl (C=O) groups is 2. The highest BCUT2D eigenvalue weighted by Crippen LogP contribution is 2.27. The quantitative estimate of drug-likeness (QED) is 0.708. The SMILES string of the molecule is [2H][C@]1(Cc2ccc3cc(OCc4ccccc4F)ccc3c2)SC(=O)NC1=O. The van der Waals surface area contributed by atoms with E-state index in [0.29, 0.717) is 23.1 Å². The van der Waals surface area contributed by atoms with Gasteiger partial charge >= 0.3 is 0 Å². The topological polar surface area (TPSA) is 55.4 Å². The second kappa shape index (κ2) is 7.40. The molecule has 6 heteroatoms. The lowest BCUT2D eigenvalue weighted by molar-refractivity contribution is -0.118. The fourth-order valence-corrected chi connectivity index (χ4v) is 3.65. The van der Waals surface area contributed by atoms with Crippen LogP contribution in [-0.2, 0) is 17.8 Å². The monoisotopic (exact) mass is 382 g/mol. The van der Waals surface area contributed by atoms with Gasteiger partial charge in [0, 0.05) is 5.56 Å². The Morgan fingerprint density at radius 3 is 2.63 bits per heavy atom. The molecule has 0 saturated carbocycles. The van der Waals surface area contributed by atoms with Crippen LogP contribution in [0.4, 0.5) is 9.18 Å². The van der Waals surface area contributed by atoms with E-state index in [1.807, 2.05) is 30.3 Å². The number of ether oxygens (including phenoxy) is 1. The van der Waals surface area contributed by atoms with Crippen LogP contribution in [0.25, 0.3) is 10.8 Å². The fraction of sp³-hybridized carbons (Fsp3) is 0.143. The Kier molecular flexibility index (Phi) is 4.48. The molecule has 1 saturated heterocycles. The molecule has 0 aromatic heterocycles. The summed E-state index contributed by atoms with van der Waals surface area (Å²) in [4.78, 5) is 23.2. The summed E-state index contributed by atoms with van der Waals surface area (Å²) in [5.41, 5.74) is 1.28. The van der Waals surface area contributed by atoms with Crippen molar-refractivity contribution in [2.45, 2.75) is 18.3 Å². The van der Waals surface area contributed by atoms with Crippen LogP contribution in [0.5, 0.6) is 5.75 Å². The summed E-state index contributed by atoms with van der Waals surface area (Å²) < 4.78 is 27.6. The van der Waals surface area contributed by atoms with Crippen LogP contribution in [0.1, 0.15) is 12.5 Å². The van der Waals surface area contributed by atoms with E-state index >= 15 is 0 Å². The number of carbonyl (C=O) groups excluding carboxylic acids is 2. The first kappa shape index (κ1) is 16.3. The van der Waals surface area contributed by atoms with Crippen molar-refractivity contribution in [3.05, 3.63) is 77.6 Å². The first-order chi connectivity index (χ1) is 13.4. The molecule has 27 heavy (non-hydrogen) atoms. The van der Waals surface area contributed by atoms with Crippen LogP contribution >= 0.6 is 11.8 Å². The molecule has 4 rings (SSSR count). The maximum absolute atomic E-state index is 13.7. The van der Waals surface area contributed by atoms with Crippen molar-refractivity contribution in [1.29, 1.82) is 0 Å². The number of halogens is 1. The molecule has 4 nitrogen and oxygen atoms in total. The van der Waals surface area contributed by atoms with E-state index in [1.165, 1.54) is 6.07 Å². The number of rotatable bonds is 5. The normalized spacial score (nSPS) is 19.8. The molecule has 136 valence electrons. The molecular weight excluding hydrogens is 365 g/mol. The van der Waals surface area contributed by atoms with Crippen molar-refractivity contribution in [2.24, 2.45) is 0 Å².